The Kier molecular flexibility index (Phi) is 4.97. The second-order valence-electron chi connectivity index (χ2n) is 5.84. The van der Waals surface area contributed by atoms with Crippen molar-refractivity contribution in [2.45, 2.75) is 32.0 Å². The van der Waals surface area contributed by atoms with Crippen LogP contribution in [0.3, 0.4) is 0 Å². The fraction of sp³-hybridized carbons (Fsp3) is 0.471. The maximum absolute atomic E-state index is 11.7. The summed E-state index contributed by atoms with van der Waals surface area (Å²) in [5, 5.41) is 10.9. The van der Waals surface area contributed by atoms with Crippen LogP contribution in [-0.2, 0) is 11.2 Å². The highest BCUT2D eigenvalue weighted by atomic mass is 16.5. The average Bonchev–Trinajstić information content (AvgIpc) is 2.50. The van der Waals surface area contributed by atoms with Crippen LogP contribution in [0.25, 0.3) is 11.0 Å². The lowest BCUT2D eigenvalue weighted by Crippen LogP contribution is -2.39. The van der Waals surface area contributed by atoms with Crippen molar-refractivity contribution in [2.24, 2.45) is 0 Å². The maximum Gasteiger partial charge on any atom is 0.336 e. The summed E-state index contributed by atoms with van der Waals surface area (Å²) in [6.07, 6.45) is -0.185. The van der Waals surface area contributed by atoms with Crippen molar-refractivity contribution in [1.82, 2.24) is 0 Å². The first-order valence-corrected chi connectivity index (χ1v) is 7.24. The monoisotopic (exact) mass is 322 g/mol. The summed E-state index contributed by atoms with van der Waals surface area (Å²) in [5.74, 6) is 1.05. The van der Waals surface area contributed by atoms with Crippen LogP contribution in [0.2, 0.25) is 0 Å². The Bertz CT molecular complexity index is 741. The Morgan fingerprint density at radius 1 is 1.17 bits per heavy atom. The Morgan fingerprint density at radius 3 is 2.35 bits per heavy atom. The van der Waals surface area contributed by atoms with Crippen molar-refractivity contribution in [3.8, 4) is 11.5 Å². The molecule has 126 valence electrons. The third-order valence-corrected chi connectivity index (χ3v) is 3.83. The third-order valence-electron chi connectivity index (χ3n) is 3.83. The second-order valence-corrected chi connectivity index (χ2v) is 5.84. The van der Waals surface area contributed by atoms with Crippen molar-refractivity contribution in [2.75, 3.05) is 21.3 Å². The highest BCUT2D eigenvalue weighted by Gasteiger charge is 2.29. The topological polar surface area (TPSA) is 78.1 Å². The Hall–Kier alpha value is -2.05. The normalized spacial score (nSPS) is 13.1. The Morgan fingerprint density at radius 2 is 1.83 bits per heavy atom. The number of aliphatic hydroxyl groups is 1. The van der Waals surface area contributed by atoms with E-state index in [2.05, 4.69) is 0 Å². The Balaban J connectivity index is 2.70. The predicted molar refractivity (Wildman–Crippen MR) is 86.4 cm³/mol. The molecule has 23 heavy (non-hydrogen) atoms. The summed E-state index contributed by atoms with van der Waals surface area (Å²) in [6.45, 7) is 3.32. The van der Waals surface area contributed by atoms with Gasteiger partial charge in [-0.1, -0.05) is 0 Å². The fourth-order valence-corrected chi connectivity index (χ4v) is 2.58. The summed E-state index contributed by atoms with van der Waals surface area (Å²) in [5.41, 5.74) is -0.512. The molecule has 2 rings (SSSR count). The lowest BCUT2D eigenvalue weighted by atomic mass is 9.93. The van der Waals surface area contributed by atoms with Crippen LogP contribution in [0, 0.1) is 0 Å². The van der Waals surface area contributed by atoms with E-state index in [9.17, 15) is 9.90 Å². The minimum absolute atomic E-state index is 0.316. The molecule has 0 aliphatic carbocycles. The first kappa shape index (κ1) is 17.3. The molecule has 0 fully saturated rings. The van der Waals surface area contributed by atoms with Gasteiger partial charge in [0.15, 0.2) is 0 Å². The van der Waals surface area contributed by atoms with E-state index < -0.39 is 17.3 Å². The van der Waals surface area contributed by atoms with Crippen molar-refractivity contribution in [3.63, 3.8) is 0 Å². The SMILES string of the molecule is COc1cc(OC)c2ccc(=O)oc2c1CC(OC)C(C)(C)O. The molecule has 1 heterocycles. The van der Waals surface area contributed by atoms with Crippen LogP contribution in [0.1, 0.15) is 19.4 Å². The number of hydrogen-bond acceptors (Lipinski definition) is 6. The molecule has 0 saturated heterocycles. The fourth-order valence-electron chi connectivity index (χ4n) is 2.58. The van der Waals surface area contributed by atoms with Gasteiger partial charge >= 0.3 is 5.63 Å². The number of methoxy groups -OCH3 is 3. The summed E-state index contributed by atoms with van der Waals surface area (Å²) in [6, 6.07) is 4.72. The summed E-state index contributed by atoms with van der Waals surface area (Å²) >= 11 is 0. The molecule has 1 aromatic heterocycles. The summed E-state index contributed by atoms with van der Waals surface area (Å²) in [4.78, 5) is 11.7. The lowest BCUT2D eigenvalue weighted by molar-refractivity contribution is -0.0689. The van der Waals surface area contributed by atoms with E-state index >= 15 is 0 Å². The molecule has 0 bridgehead atoms. The number of benzene rings is 1. The molecule has 0 spiro atoms. The molecular weight excluding hydrogens is 300 g/mol. The number of rotatable bonds is 6. The first-order valence-electron chi connectivity index (χ1n) is 7.24. The van der Waals surface area contributed by atoms with Crippen LogP contribution in [0.4, 0.5) is 0 Å². The zero-order chi connectivity index (χ0) is 17.2. The van der Waals surface area contributed by atoms with Gasteiger partial charge < -0.3 is 23.7 Å². The van der Waals surface area contributed by atoms with E-state index in [1.165, 1.54) is 27.4 Å². The zero-order valence-electron chi connectivity index (χ0n) is 14.0. The summed E-state index contributed by atoms with van der Waals surface area (Å²) < 4.78 is 21.5. The van der Waals surface area contributed by atoms with Crippen LogP contribution in [-0.4, -0.2) is 38.1 Å². The molecule has 1 N–H and O–H groups in total. The second kappa shape index (κ2) is 6.60. The van der Waals surface area contributed by atoms with Gasteiger partial charge in [0.2, 0.25) is 0 Å². The summed E-state index contributed by atoms with van der Waals surface area (Å²) in [7, 11) is 4.59. The van der Waals surface area contributed by atoms with Gasteiger partial charge in [-0.3, -0.25) is 0 Å². The van der Waals surface area contributed by atoms with Gasteiger partial charge in [-0.25, -0.2) is 4.79 Å². The molecule has 6 nitrogen and oxygen atoms in total. The number of fused-ring (bicyclic) bond motifs is 1. The van der Waals surface area contributed by atoms with Gasteiger partial charge in [-0.15, -0.1) is 0 Å². The predicted octanol–water partition coefficient (Wildman–Crippen LogP) is 2.14. The highest BCUT2D eigenvalue weighted by molar-refractivity contribution is 5.88. The largest absolute Gasteiger partial charge is 0.496 e. The molecular formula is C17H22O6. The zero-order valence-corrected chi connectivity index (χ0v) is 14.0. The molecule has 2 aromatic rings. The lowest BCUT2D eigenvalue weighted by Gasteiger charge is -2.28. The van der Waals surface area contributed by atoms with Gasteiger partial charge in [0.1, 0.15) is 17.1 Å². The van der Waals surface area contributed by atoms with E-state index in [4.69, 9.17) is 18.6 Å². The smallest absolute Gasteiger partial charge is 0.336 e. The quantitative estimate of drug-likeness (QED) is 0.821. The van der Waals surface area contributed by atoms with Gasteiger partial charge in [0.05, 0.1) is 31.3 Å². The standard InChI is InChI=1S/C17H22O6/c1-17(2,19)14(22-5)8-11-13(21-4)9-12(20-3)10-6-7-15(18)23-16(10)11/h6-7,9,14,19H,8H2,1-5H3. The van der Waals surface area contributed by atoms with Gasteiger partial charge in [0.25, 0.3) is 0 Å². The number of hydrogen-bond donors (Lipinski definition) is 1. The van der Waals surface area contributed by atoms with Gasteiger partial charge in [0, 0.05) is 31.2 Å². The minimum Gasteiger partial charge on any atom is -0.496 e. The Labute approximate surface area is 134 Å². The molecule has 1 aromatic carbocycles. The maximum atomic E-state index is 11.7. The first-order chi connectivity index (χ1) is 10.8. The van der Waals surface area contributed by atoms with Gasteiger partial charge in [-0.2, -0.15) is 0 Å². The van der Waals surface area contributed by atoms with E-state index in [-0.39, 0.29) is 0 Å². The molecule has 1 unspecified atom stereocenters. The molecule has 0 saturated carbocycles. The van der Waals surface area contributed by atoms with Crippen LogP contribution in [0.5, 0.6) is 11.5 Å². The van der Waals surface area contributed by atoms with E-state index in [0.29, 0.717) is 34.5 Å². The van der Waals surface area contributed by atoms with Crippen molar-refractivity contribution < 1.29 is 23.7 Å². The third kappa shape index (κ3) is 3.48. The van der Waals surface area contributed by atoms with E-state index in [1.807, 2.05) is 0 Å². The molecule has 0 aliphatic heterocycles. The van der Waals surface area contributed by atoms with Crippen LogP contribution >= 0.6 is 0 Å². The van der Waals surface area contributed by atoms with Crippen molar-refractivity contribution in [1.29, 1.82) is 0 Å². The molecule has 0 radical (unpaired) electrons. The molecule has 1 atom stereocenters. The van der Waals surface area contributed by atoms with Crippen LogP contribution < -0.4 is 15.1 Å². The minimum atomic E-state index is -1.07. The highest BCUT2D eigenvalue weighted by Crippen LogP contribution is 2.36. The van der Waals surface area contributed by atoms with Crippen molar-refractivity contribution in [3.05, 3.63) is 34.2 Å². The molecule has 0 amide bonds. The van der Waals surface area contributed by atoms with Crippen LogP contribution in [0.15, 0.2) is 27.4 Å². The van der Waals surface area contributed by atoms with Crippen molar-refractivity contribution >= 4 is 11.0 Å². The average molecular weight is 322 g/mol. The van der Waals surface area contributed by atoms with Gasteiger partial charge in [-0.05, 0) is 19.9 Å². The van der Waals surface area contributed by atoms with E-state index in [0.717, 1.165) is 0 Å². The number of ether oxygens (including phenoxy) is 3. The van der Waals surface area contributed by atoms with E-state index in [1.54, 1.807) is 26.0 Å². The molecule has 0 aliphatic rings. The molecule has 6 heteroatoms.